The molecule has 1 aromatic carbocycles. The van der Waals surface area contributed by atoms with E-state index in [0.29, 0.717) is 17.3 Å². The van der Waals surface area contributed by atoms with E-state index in [1.807, 2.05) is 6.92 Å². The second-order valence-corrected chi connectivity index (χ2v) is 6.21. The van der Waals surface area contributed by atoms with Gasteiger partial charge in [0.05, 0.1) is 6.54 Å². The monoisotopic (exact) mass is 370 g/mol. The summed E-state index contributed by atoms with van der Waals surface area (Å²) >= 11 is 5.79. The summed E-state index contributed by atoms with van der Waals surface area (Å²) < 4.78 is 10.5. The highest BCUT2D eigenvalue weighted by Gasteiger charge is 2.32. The van der Waals surface area contributed by atoms with Crippen LogP contribution < -0.4 is 15.4 Å². The topological polar surface area (TPSA) is 93.7 Å². The number of carbonyl (C=O) groups is 3. The number of hydrogen-bond donors (Lipinski definition) is 2. The van der Waals surface area contributed by atoms with E-state index in [4.69, 9.17) is 21.1 Å². The summed E-state index contributed by atoms with van der Waals surface area (Å²) in [6.07, 6.45) is 0.806. The molecule has 0 spiro atoms. The molecule has 0 aliphatic carbocycles. The molecule has 0 fully saturated rings. The van der Waals surface area contributed by atoms with Crippen LogP contribution in [-0.4, -0.2) is 43.1 Å². The number of hydrogen-bond acceptors (Lipinski definition) is 5. The largest absolute Gasteiger partial charge is 0.476 e. The summed E-state index contributed by atoms with van der Waals surface area (Å²) in [5.74, 6) is -1.12. The number of esters is 1. The highest BCUT2D eigenvalue weighted by Crippen LogP contribution is 2.21. The van der Waals surface area contributed by atoms with Gasteiger partial charge in [-0.3, -0.25) is 9.59 Å². The fourth-order valence-electron chi connectivity index (χ4n) is 1.70. The molecule has 0 bridgehead atoms. The number of rotatable bonds is 9. The third-order valence-electron chi connectivity index (χ3n) is 3.03. The Bertz CT molecular complexity index is 602. The molecule has 25 heavy (non-hydrogen) atoms. The predicted octanol–water partition coefficient (Wildman–Crippen LogP) is 1.68. The van der Waals surface area contributed by atoms with Crippen LogP contribution in [0.5, 0.6) is 5.75 Å². The molecular weight excluding hydrogens is 348 g/mol. The summed E-state index contributed by atoms with van der Waals surface area (Å²) in [6.45, 7) is 4.86. The molecule has 0 heterocycles. The molecule has 0 saturated heterocycles. The first kappa shape index (κ1) is 20.8. The van der Waals surface area contributed by atoms with E-state index in [-0.39, 0.29) is 12.5 Å². The standard InChI is InChI=1S/C17H23ClN2O5/c1-4-9-19-14(21)10-20-15(22)11-24-16(23)17(2,3)25-13-7-5-12(18)6-8-13/h5-8H,4,9-11H2,1-3H3,(H,19,21)(H,20,22). The number of ether oxygens (including phenoxy) is 2. The average molecular weight is 371 g/mol. The Morgan fingerprint density at radius 3 is 2.32 bits per heavy atom. The third-order valence-corrected chi connectivity index (χ3v) is 3.28. The van der Waals surface area contributed by atoms with Gasteiger partial charge >= 0.3 is 5.97 Å². The maximum Gasteiger partial charge on any atom is 0.350 e. The van der Waals surface area contributed by atoms with Crippen molar-refractivity contribution in [2.75, 3.05) is 19.7 Å². The fraction of sp³-hybridized carbons (Fsp3) is 0.471. The molecule has 0 atom stereocenters. The van der Waals surface area contributed by atoms with E-state index < -0.39 is 24.1 Å². The number of nitrogens with one attached hydrogen (secondary N) is 2. The number of carbonyl (C=O) groups excluding carboxylic acids is 3. The summed E-state index contributed by atoms with van der Waals surface area (Å²) in [5, 5.41) is 5.54. The second-order valence-electron chi connectivity index (χ2n) is 5.77. The zero-order valence-electron chi connectivity index (χ0n) is 14.6. The van der Waals surface area contributed by atoms with Gasteiger partial charge in [0.1, 0.15) is 5.75 Å². The predicted molar refractivity (Wildman–Crippen MR) is 93.4 cm³/mol. The molecule has 0 aliphatic heterocycles. The molecule has 1 aromatic rings. The van der Waals surface area contributed by atoms with Crippen LogP contribution in [-0.2, 0) is 19.1 Å². The van der Waals surface area contributed by atoms with Gasteiger partial charge in [-0.2, -0.15) is 0 Å². The lowest BCUT2D eigenvalue weighted by Crippen LogP contribution is -2.43. The van der Waals surface area contributed by atoms with Crippen molar-refractivity contribution in [3.8, 4) is 5.75 Å². The number of amides is 2. The van der Waals surface area contributed by atoms with Gasteiger partial charge in [0.25, 0.3) is 5.91 Å². The van der Waals surface area contributed by atoms with Gasteiger partial charge in [0, 0.05) is 11.6 Å². The van der Waals surface area contributed by atoms with E-state index in [1.165, 1.54) is 13.8 Å². The minimum absolute atomic E-state index is 0.166. The van der Waals surface area contributed by atoms with E-state index in [9.17, 15) is 14.4 Å². The van der Waals surface area contributed by atoms with Crippen LogP contribution in [0.15, 0.2) is 24.3 Å². The SMILES string of the molecule is CCCNC(=O)CNC(=O)COC(=O)C(C)(C)Oc1ccc(Cl)cc1. The first-order valence-electron chi connectivity index (χ1n) is 7.90. The minimum Gasteiger partial charge on any atom is -0.476 e. The van der Waals surface area contributed by atoms with Crippen LogP contribution >= 0.6 is 11.6 Å². The van der Waals surface area contributed by atoms with Gasteiger partial charge in [-0.1, -0.05) is 18.5 Å². The molecule has 0 unspecified atom stereocenters. The van der Waals surface area contributed by atoms with Crippen molar-refractivity contribution in [3.05, 3.63) is 29.3 Å². The maximum absolute atomic E-state index is 12.1. The van der Waals surface area contributed by atoms with E-state index in [2.05, 4.69) is 10.6 Å². The van der Waals surface area contributed by atoms with Crippen LogP contribution in [0.25, 0.3) is 0 Å². The van der Waals surface area contributed by atoms with E-state index in [0.717, 1.165) is 6.42 Å². The first-order chi connectivity index (χ1) is 11.7. The quantitative estimate of drug-likeness (QED) is 0.645. The summed E-state index contributed by atoms with van der Waals surface area (Å²) in [5.41, 5.74) is -1.29. The highest BCUT2D eigenvalue weighted by atomic mass is 35.5. The van der Waals surface area contributed by atoms with E-state index in [1.54, 1.807) is 24.3 Å². The molecule has 2 N–H and O–H groups in total. The minimum atomic E-state index is -1.29. The maximum atomic E-state index is 12.1. The van der Waals surface area contributed by atoms with Gasteiger partial charge in [0.2, 0.25) is 5.91 Å². The van der Waals surface area contributed by atoms with Crippen LogP contribution in [0.3, 0.4) is 0 Å². The van der Waals surface area contributed by atoms with Crippen molar-refractivity contribution >= 4 is 29.4 Å². The van der Waals surface area contributed by atoms with Crippen molar-refractivity contribution in [3.63, 3.8) is 0 Å². The molecule has 0 radical (unpaired) electrons. The summed E-state index contributed by atoms with van der Waals surface area (Å²) in [6, 6.07) is 6.52. The van der Waals surface area contributed by atoms with Gasteiger partial charge < -0.3 is 20.1 Å². The Morgan fingerprint density at radius 1 is 1.08 bits per heavy atom. The molecule has 1 rings (SSSR count). The Balaban J connectivity index is 2.39. The normalized spacial score (nSPS) is 10.7. The molecule has 0 saturated carbocycles. The number of benzene rings is 1. The second kappa shape index (κ2) is 9.88. The lowest BCUT2D eigenvalue weighted by Gasteiger charge is -2.24. The zero-order valence-corrected chi connectivity index (χ0v) is 15.3. The Hall–Kier alpha value is -2.28. The molecular formula is C17H23ClN2O5. The van der Waals surface area contributed by atoms with Gasteiger partial charge in [-0.25, -0.2) is 4.79 Å². The van der Waals surface area contributed by atoms with Crippen molar-refractivity contribution in [1.82, 2.24) is 10.6 Å². The van der Waals surface area contributed by atoms with Crippen molar-refractivity contribution in [2.45, 2.75) is 32.8 Å². The van der Waals surface area contributed by atoms with Crippen molar-refractivity contribution in [1.29, 1.82) is 0 Å². The Kier molecular flexibility index (Phi) is 8.21. The summed E-state index contributed by atoms with van der Waals surface area (Å²) in [7, 11) is 0. The smallest absolute Gasteiger partial charge is 0.350 e. The Labute approximate surface area is 152 Å². The van der Waals surface area contributed by atoms with Crippen molar-refractivity contribution < 1.29 is 23.9 Å². The Morgan fingerprint density at radius 2 is 1.72 bits per heavy atom. The highest BCUT2D eigenvalue weighted by molar-refractivity contribution is 6.30. The molecule has 0 aromatic heterocycles. The zero-order chi connectivity index (χ0) is 18.9. The van der Waals surface area contributed by atoms with Crippen LogP contribution in [0.1, 0.15) is 27.2 Å². The van der Waals surface area contributed by atoms with Gasteiger partial charge in [0.15, 0.2) is 12.2 Å². The lowest BCUT2D eigenvalue weighted by molar-refractivity contribution is -0.162. The fourth-order valence-corrected chi connectivity index (χ4v) is 1.83. The summed E-state index contributed by atoms with van der Waals surface area (Å²) in [4.78, 5) is 35.1. The average Bonchev–Trinajstić information content (AvgIpc) is 2.57. The first-order valence-corrected chi connectivity index (χ1v) is 8.27. The number of halogens is 1. The van der Waals surface area contributed by atoms with Crippen LogP contribution in [0, 0.1) is 0 Å². The molecule has 8 heteroatoms. The molecule has 138 valence electrons. The molecule has 2 amide bonds. The van der Waals surface area contributed by atoms with Crippen LogP contribution in [0.2, 0.25) is 5.02 Å². The molecule has 7 nitrogen and oxygen atoms in total. The van der Waals surface area contributed by atoms with E-state index >= 15 is 0 Å². The molecule has 0 aliphatic rings. The van der Waals surface area contributed by atoms with Gasteiger partial charge in [-0.05, 0) is 44.5 Å². The van der Waals surface area contributed by atoms with Crippen molar-refractivity contribution in [2.24, 2.45) is 0 Å². The van der Waals surface area contributed by atoms with Gasteiger partial charge in [-0.15, -0.1) is 0 Å². The lowest BCUT2D eigenvalue weighted by atomic mass is 10.1. The third kappa shape index (κ3) is 7.89. The van der Waals surface area contributed by atoms with Crippen LogP contribution in [0.4, 0.5) is 0 Å².